The van der Waals surface area contributed by atoms with E-state index in [-0.39, 0.29) is 5.91 Å². The van der Waals surface area contributed by atoms with Gasteiger partial charge >= 0.3 is 0 Å². The molecule has 0 unspecified atom stereocenters. The Morgan fingerprint density at radius 2 is 2.00 bits per heavy atom. The number of amides is 1. The zero-order valence-corrected chi connectivity index (χ0v) is 16.2. The maximum atomic E-state index is 12.7. The van der Waals surface area contributed by atoms with Gasteiger partial charge in [0, 0.05) is 42.4 Å². The van der Waals surface area contributed by atoms with Crippen LogP contribution in [0.2, 0.25) is 0 Å². The topological polar surface area (TPSA) is 48.6 Å². The standard InChI is InChI=1S/C18H23N3O2S2/c1-13-16(25-18(24)19-13)12-17(22)21-9-3-8-20(10-11-21)14-4-6-15(23-2)7-5-14/h4-7H,3,8-12H2,1-2H3,(H,19,24). The van der Waals surface area contributed by atoms with Gasteiger partial charge in [0.2, 0.25) is 5.91 Å². The van der Waals surface area contributed by atoms with Crippen LogP contribution in [0.5, 0.6) is 5.75 Å². The fourth-order valence-corrected chi connectivity index (χ4v) is 4.36. The second-order valence-electron chi connectivity index (χ2n) is 6.16. The maximum absolute atomic E-state index is 12.7. The number of nitrogens with zero attached hydrogens (tertiary/aromatic N) is 2. The van der Waals surface area contributed by atoms with E-state index in [0.29, 0.717) is 6.42 Å². The third-order valence-electron chi connectivity index (χ3n) is 4.52. The van der Waals surface area contributed by atoms with Crippen LogP contribution in [0.1, 0.15) is 17.0 Å². The molecule has 1 saturated heterocycles. The number of methoxy groups -OCH3 is 1. The number of hydrogen-bond acceptors (Lipinski definition) is 5. The number of benzene rings is 1. The van der Waals surface area contributed by atoms with Crippen LogP contribution in [0.25, 0.3) is 0 Å². The smallest absolute Gasteiger partial charge is 0.227 e. The summed E-state index contributed by atoms with van der Waals surface area (Å²) in [5.41, 5.74) is 2.19. The lowest BCUT2D eigenvalue weighted by molar-refractivity contribution is -0.130. The summed E-state index contributed by atoms with van der Waals surface area (Å²) in [5, 5.41) is 0. The number of carbonyl (C=O) groups is 1. The van der Waals surface area contributed by atoms with E-state index < -0.39 is 0 Å². The first kappa shape index (κ1) is 17.9. The van der Waals surface area contributed by atoms with Crippen LogP contribution in [-0.2, 0) is 11.2 Å². The summed E-state index contributed by atoms with van der Waals surface area (Å²) in [6.07, 6.45) is 1.41. The zero-order chi connectivity index (χ0) is 17.8. The van der Waals surface area contributed by atoms with E-state index in [1.807, 2.05) is 24.0 Å². The number of aromatic nitrogens is 1. The molecule has 25 heavy (non-hydrogen) atoms. The van der Waals surface area contributed by atoms with E-state index in [0.717, 1.165) is 52.9 Å². The van der Waals surface area contributed by atoms with E-state index >= 15 is 0 Å². The summed E-state index contributed by atoms with van der Waals surface area (Å²) in [5.74, 6) is 1.05. The highest BCUT2D eigenvalue weighted by atomic mass is 32.1. The second kappa shape index (κ2) is 8.01. The van der Waals surface area contributed by atoms with Crippen molar-refractivity contribution < 1.29 is 9.53 Å². The Hall–Kier alpha value is -1.86. The fraction of sp³-hybridized carbons (Fsp3) is 0.444. The summed E-state index contributed by atoms with van der Waals surface area (Å²) < 4.78 is 5.96. The lowest BCUT2D eigenvalue weighted by atomic mass is 10.2. The molecule has 0 saturated carbocycles. The van der Waals surface area contributed by atoms with Gasteiger partial charge in [0.1, 0.15) is 5.75 Å². The van der Waals surface area contributed by atoms with Crippen LogP contribution in [0, 0.1) is 10.9 Å². The molecule has 1 aliphatic heterocycles. The zero-order valence-electron chi connectivity index (χ0n) is 14.6. The normalized spacial score (nSPS) is 15.1. The quantitative estimate of drug-likeness (QED) is 0.830. The first-order chi connectivity index (χ1) is 12.1. The molecule has 0 spiro atoms. The highest BCUT2D eigenvalue weighted by molar-refractivity contribution is 7.73. The average molecular weight is 378 g/mol. The first-order valence-corrected chi connectivity index (χ1v) is 9.64. The van der Waals surface area contributed by atoms with Crippen LogP contribution in [0.4, 0.5) is 5.69 Å². The molecular formula is C18H23N3O2S2. The SMILES string of the molecule is COc1ccc(N2CCCN(C(=O)Cc3sc(=S)[nH]c3C)CC2)cc1. The van der Waals surface area contributed by atoms with Gasteiger partial charge in [-0.2, -0.15) is 0 Å². The molecule has 0 bridgehead atoms. The van der Waals surface area contributed by atoms with Crippen LogP contribution in [0.15, 0.2) is 24.3 Å². The number of aryl methyl sites for hydroxylation is 1. The molecule has 7 heteroatoms. The molecule has 2 aromatic rings. The number of carbonyl (C=O) groups excluding carboxylic acids is 1. The number of rotatable bonds is 4. The van der Waals surface area contributed by atoms with E-state index in [1.54, 1.807) is 7.11 Å². The molecule has 1 amide bonds. The fourth-order valence-electron chi connectivity index (χ4n) is 3.07. The minimum Gasteiger partial charge on any atom is -0.497 e. The predicted octanol–water partition coefficient (Wildman–Crippen LogP) is 3.40. The number of hydrogen-bond donors (Lipinski definition) is 1. The van der Waals surface area contributed by atoms with Crippen molar-refractivity contribution in [1.82, 2.24) is 9.88 Å². The lowest BCUT2D eigenvalue weighted by Crippen LogP contribution is -2.36. The van der Waals surface area contributed by atoms with Crippen molar-refractivity contribution in [3.8, 4) is 5.75 Å². The van der Waals surface area contributed by atoms with E-state index in [1.165, 1.54) is 17.0 Å². The van der Waals surface area contributed by atoms with Crippen molar-refractivity contribution in [1.29, 1.82) is 0 Å². The number of nitrogens with one attached hydrogen (secondary N) is 1. The van der Waals surface area contributed by atoms with Gasteiger partial charge < -0.3 is 19.5 Å². The molecule has 2 heterocycles. The minimum absolute atomic E-state index is 0.185. The number of aromatic amines is 1. The first-order valence-electron chi connectivity index (χ1n) is 8.42. The van der Waals surface area contributed by atoms with Crippen molar-refractivity contribution in [2.24, 2.45) is 0 Å². The van der Waals surface area contributed by atoms with Crippen molar-refractivity contribution in [2.45, 2.75) is 19.8 Å². The number of H-pyrrole nitrogens is 1. The minimum atomic E-state index is 0.185. The highest BCUT2D eigenvalue weighted by Crippen LogP contribution is 2.21. The molecule has 1 N–H and O–H groups in total. The Kier molecular flexibility index (Phi) is 5.75. The molecule has 1 aromatic carbocycles. The van der Waals surface area contributed by atoms with Crippen molar-refractivity contribution in [3.63, 3.8) is 0 Å². The van der Waals surface area contributed by atoms with Crippen LogP contribution in [0.3, 0.4) is 0 Å². The van der Waals surface area contributed by atoms with Crippen LogP contribution >= 0.6 is 23.6 Å². The Bertz CT molecular complexity index is 782. The molecule has 0 atom stereocenters. The number of thiazole rings is 1. The molecule has 5 nitrogen and oxygen atoms in total. The second-order valence-corrected chi connectivity index (χ2v) is 7.93. The third kappa shape index (κ3) is 4.41. The maximum Gasteiger partial charge on any atom is 0.227 e. The van der Waals surface area contributed by atoms with Crippen molar-refractivity contribution >= 4 is 35.1 Å². The summed E-state index contributed by atoms with van der Waals surface area (Å²) in [6, 6.07) is 8.11. The van der Waals surface area contributed by atoms with Gasteiger partial charge in [0.05, 0.1) is 13.5 Å². The molecular weight excluding hydrogens is 354 g/mol. The van der Waals surface area contributed by atoms with E-state index in [2.05, 4.69) is 22.0 Å². The van der Waals surface area contributed by atoms with Crippen molar-refractivity contribution in [2.75, 3.05) is 38.2 Å². The van der Waals surface area contributed by atoms with Gasteiger partial charge in [-0.3, -0.25) is 4.79 Å². The Morgan fingerprint density at radius 3 is 2.64 bits per heavy atom. The largest absolute Gasteiger partial charge is 0.497 e. The molecule has 134 valence electrons. The molecule has 3 rings (SSSR count). The monoisotopic (exact) mass is 377 g/mol. The molecule has 1 fully saturated rings. The number of ether oxygens (including phenoxy) is 1. The summed E-state index contributed by atoms with van der Waals surface area (Å²) in [6.45, 7) is 5.33. The van der Waals surface area contributed by atoms with Gasteiger partial charge in [-0.15, -0.1) is 11.3 Å². The molecule has 1 aliphatic rings. The molecule has 0 aliphatic carbocycles. The molecule has 1 aromatic heterocycles. The molecule has 0 radical (unpaired) electrons. The van der Waals surface area contributed by atoms with Gasteiger partial charge in [0.25, 0.3) is 0 Å². The number of anilines is 1. The van der Waals surface area contributed by atoms with E-state index in [9.17, 15) is 4.79 Å². The summed E-state index contributed by atoms with van der Waals surface area (Å²) in [4.78, 5) is 21.1. The van der Waals surface area contributed by atoms with Gasteiger partial charge in [0.15, 0.2) is 3.95 Å². The Balaban J connectivity index is 1.61. The highest BCUT2D eigenvalue weighted by Gasteiger charge is 2.20. The van der Waals surface area contributed by atoms with E-state index in [4.69, 9.17) is 17.0 Å². The van der Waals surface area contributed by atoms with Crippen LogP contribution < -0.4 is 9.64 Å². The summed E-state index contributed by atoms with van der Waals surface area (Å²) in [7, 11) is 1.67. The lowest BCUT2D eigenvalue weighted by Gasteiger charge is -2.24. The average Bonchev–Trinajstić information content (AvgIpc) is 2.81. The van der Waals surface area contributed by atoms with Gasteiger partial charge in [-0.05, 0) is 49.8 Å². The Labute approximate surface area is 157 Å². The Morgan fingerprint density at radius 1 is 1.24 bits per heavy atom. The third-order valence-corrected chi connectivity index (χ3v) is 5.86. The summed E-state index contributed by atoms with van der Waals surface area (Å²) >= 11 is 6.66. The van der Waals surface area contributed by atoms with Crippen molar-refractivity contribution in [3.05, 3.63) is 38.8 Å². The van der Waals surface area contributed by atoms with Gasteiger partial charge in [-0.1, -0.05) is 0 Å². The predicted molar refractivity (Wildman–Crippen MR) is 104 cm³/mol. The van der Waals surface area contributed by atoms with Crippen LogP contribution in [-0.4, -0.2) is 49.1 Å². The van der Waals surface area contributed by atoms with Gasteiger partial charge in [-0.25, -0.2) is 0 Å².